The van der Waals surface area contributed by atoms with Crippen molar-refractivity contribution in [3.8, 4) is 11.5 Å². The predicted molar refractivity (Wildman–Crippen MR) is 104 cm³/mol. The molecule has 2 aliphatic rings. The van der Waals surface area contributed by atoms with E-state index in [9.17, 15) is 13.2 Å². The number of piperazine rings is 1. The Labute approximate surface area is 166 Å². The molecule has 0 atom stereocenters. The summed E-state index contributed by atoms with van der Waals surface area (Å²) in [6.45, 7) is 7.35. The summed E-state index contributed by atoms with van der Waals surface area (Å²) >= 11 is 0. The molecule has 9 nitrogen and oxygen atoms in total. The van der Waals surface area contributed by atoms with Gasteiger partial charge >= 0.3 is 0 Å². The summed E-state index contributed by atoms with van der Waals surface area (Å²) in [5, 5.41) is 2.90. The summed E-state index contributed by atoms with van der Waals surface area (Å²) in [7, 11) is -3.41. The number of benzene rings is 1. The van der Waals surface area contributed by atoms with Gasteiger partial charge in [-0.1, -0.05) is 19.9 Å². The number of ether oxygens (including phenoxy) is 2. The lowest BCUT2D eigenvalue weighted by molar-refractivity contribution is -0.122. The van der Waals surface area contributed by atoms with Gasteiger partial charge in [-0.25, -0.2) is 0 Å². The highest BCUT2D eigenvalue weighted by atomic mass is 32.2. The highest BCUT2D eigenvalue weighted by molar-refractivity contribution is 7.86. The van der Waals surface area contributed by atoms with Crippen molar-refractivity contribution in [2.24, 2.45) is 0 Å². The Balaban J connectivity index is 1.44. The van der Waals surface area contributed by atoms with Crippen molar-refractivity contribution < 1.29 is 22.7 Å². The van der Waals surface area contributed by atoms with Crippen LogP contribution in [-0.2, 0) is 21.5 Å². The van der Waals surface area contributed by atoms with Crippen molar-refractivity contribution in [1.29, 1.82) is 0 Å². The minimum absolute atomic E-state index is 0.0854. The Hall–Kier alpha value is -1.88. The van der Waals surface area contributed by atoms with Gasteiger partial charge in [0, 0.05) is 45.8 Å². The van der Waals surface area contributed by atoms with Gasteiger partial charge in [-0.15, -0.1) is 0 Å². The lowest BCUT2D eigenvalue weighted by atomic mass is 10.2. The lowest BCUT2D eigenvalue weighted by Crippen LogP contribution is -2.54. The average Bonchev–Trinajstić information content (AvgIpc) is 3.15. The van der Waals surface area contributed by atoms with E-state index in [-0.39, 0.29) is 19.2 Å². The zero-order valence-electron chi connectivity index (χ0n) is 16.4. The molecule has 0 radical (unpaired) electrons. The van der Waals surface area contributed by atoms with Gasteiger partial charge < -0.3 is 14.8 Å². The first kappa shape index (κ1) is 20.8. The van der Waals surface area contributed by atoms with E-state index < -0.39 is 10.2 Å². The van der Waals surface area contributed by atoms with Crippen LogP contribution in [0.2, 0.25) is 0 Å². The fraction of sp³-hybridized carbons (Fsp3) is 0.611. The number of nitrogens with one attached hydrogen (secondary N) is 1. The molecule has 1 amide bonds. The van der Waals surface area contributed by atoms with Gasteiger partial charge in [-0.3, -0.25) is 9.69 Å². The monoisotopic (exact) mass is 412 g/mol. The minimum Gasteiger partial charge on any atom is -0.454 e. The molecule has 1 saturated heterocycles. The second-order valence-electron chi connectivity index (χ2n) is 6.73. The summed E-state index contributed by atoms with van der Waals surface area (Å²) in [6.07, 6.45) is 0. The van der Waals surface area contributed by atoms with Crippen LogP contribution in [-0.4, -0.2) is 80.4 Å². The number of nitrogens with zero attached hydrogens (tertiary/aromatic N) is 3. The van der Waals surface area contributed by atoms with Crippen LogP contribution >= 0.6 is 0 Å². The maximum absolute atomic E-state index is 12.6. The Morgan fingerprint density at radius 1 is 1.11 bits per heavy atom. The zero-order chi connectivity index (χ0) is 20.1. The molecule has 1 N–H and O–H groups in total. The van der Waals surface area contributed by atoms with E-state index in [1.165, 1.54) is 8.61 Å². The van der Waals surface area contributed by atoms with Crippen molar-refractivity contribution in [1.82, 2.24) is 18.8 Å². The Morgan fingerprint density at radius 3 is 2.46 bits per heavy atom. The fourth-order valence-corrected chi connectivity index (χ4v) is 4.95. The highest BCUT2D eigenvalue weighted by Crippen LogP contribution is 2.32. The smallest absolute Gasteiger partial charge is 0.282 e. The zero-order valence-corrected chi connectivity index (χ0v) is 17.2. The van der Waals surface area contributed by atoms with Crippen LogP contribution in [0.5, 0.6) is 11.5 Å². The molecule has 0 aliphatic carbocycles. The van der Waals surface area contributed by atoms with Gasteiger partial charge in [0.15, 0.2) is 11.5 Å². The maximum Gasteiger partial charge on any atom is 0.282 e. The van der Waals surface area contributed by atoms with E-state index in [4.69, 9.17) is 9.47 Å². The quantitative estimate of drug-likeness (QED) is 0.658. The molecule has 10 heteroatoms. The van der Waals surface area contributed by atoms with Gasteiger partial charge in [0.1, 0.15) is 0 Å². The van der Waals surface area contributed by atoms with Crippen LogP contribution in [0.25, 0.3) is 0 Å². The first-order chi connectivity index (χ1) is 13.4. The van der Waals surface area contributed by atoms with Gasteiger partial charge in [0.25, 0.3) is 10.2 Å². The third-order valence-electron chi connectivity index (χ3n) is 4.98. The van der Waals surface area contributed by atoms with Crippen LogP contribution in [0.4, 0.5) is 0 Å². The third-order valence-corrected chi connectivity index (χ3v) is 7.17. The minimum atomic E-state index is -3.41. The molecule has 156 valence electrons. The van der Waals surface area contributed by atoms with Gasteiger partial charge in [-0.2, -0.15) is 17.0 Å². The number of fused-ring (bicyclic) bond motifs is 1. The van der Waals surface area contributed by atoms with Crippen LogP contribution < -0.4 is 14.8 Å². The number of carbonyl (C=O) groups is 1. The molecular weight excluding hydrogens is 384 g/mol. The van der Waals surface area contributed by atoms with Gasteiger partial charge in [0.05, 0.1) is 6.54 Å². The summed E-state index contributed by atoms with van der Waals surface area (Å²) in [6, 6.07) is 5.59. The predicted octanol–water partition coefficient (Wildman–Crippen LogP) is 0.236. The van der Waals surface area contributed by atoms with E-state index in [1.807, 2.05) is 36.9 Å². The Bertz CT molecular complexity index is 789. The molecule has 2 aliphatic heterocycles. The van der Waals surface area contributed by atoms with E-state index in [0.29, 0.717) is 57.3 Å². The van der Waals surface area contributed by atoms with Crippen molar-refractivity contribution in [3.63, 3.8) is 0 Å². The second-order valence-corrected chi connectivity index (χ2v) is 8.66. The molecule has 0 spiro atoms. The van der Waals surface area contributed by atoms with Crippen LogP contribution in [0.3, 0.4) is 0 Å². The van der Waals surface area contributed by atoms with Crippen molar-refractivity contribution in [3.05, 3.63) is 23.8 Å². The summed E-state index contributed by atoms with van der Waals surface area (Å²) in [4.78, 5) is 14.2. The van der Waals surface area contributed by atoms with Crippen molar-refractivity contribution in [2.45, 2.75) is 20.4 Å². The van der Waals surface area contributed by atoms with Crippen LogP contribution in [0.15, 0.2) is 18.2 Å². The van der Waals surface area contributed by atoms with E-state index in [0.717, 1.165) is 5.56 Å². The molecule has 1 fully saturated rings. The summed E-state index contributed by atoms with van der Waals surface area (Å²) in [5.74, 6) is 1.32. The van der Waals surface area contributed by atoms with Gasteiger partial charge in [-0.05, 0) is 17.7 Å². The molecule has 2 heterocycles. The molecule has 1 aromatic rings. The molecule has 0 unspecified atom stereocenters. The van der Waals surface area contributed by atoms with Crippen molar-refractivity contribution >= 4 is 16.1 Å². The summed E-state index contributed by atoms with van der Waals surface area (Å²) in [5.41, 5.74) is 0.938. The number of hydrogen-bond acceptors (Lipinski definition) is 6. The molecule has 0 saturated carbocycles. The molecule has 1 aromatic carbocycles. The Kier molecular flexibility index (Phi) is 6.76. The first-order valence-electron chi connectivity index (χ1n) is 9.56. The highest BCUT2D eigenvalue weighted by Gasteiger charge is 2.31. The van der Waals surface area contributed by atoms with Crippen molar-refractivity contribution in [2.75, 3.05) is 52.6 Å². The Morgan fingerprint density at radius 2 is 1.79 bits per heavy atom. The maximum atomic E-state index is 12.6. The molecule has 0 bridgehead atoms. The average molecular weight is 413 g/mol. The molecule has 28 heavy (non-hydrogen) atoms. The molecule has 0 aromatic heterocycles. The number of rotatable bonds is 8. The van der Waals surface area contributed by atoms with Crippen LogP contribution in [0, 0.1) is 0 Å². The SMILES string of the molecule is CCN(CC)S(=O)(=O)N1CCN(CC(=O)NCc2ccc3c(c2)OCO3)CC1. The normalized spacial score (nSPS) is 17.8. The largest absolute Gasteiger partial charge is 0.454 e. The topological polar surface area (TPSA) is 91.4 Å². The van der Waals surface area contributed by atoms with E-state index in [2.05, 4.69) is 5.32 Å². The van der Waals surface area contributed by atoms with E-state index >= 15 is 0 Å². The lowest BCUT2D eigenvalue weighted by Gasteiger charge is -2.35. The fourth-order valence-electron chi connectivity index (χ4n) is 3.34. The third kappa shape index (κ3) is 4.75. The van der Waals surface area contributed by atoms with E-state index in [1.54, 1.807) is 0 Å². The van der Waals surface area contributed by atoms with Gasteiger partial charge in [0.2, 0.25) is 12.7 Å². The number of amides is 1. The molecular formula is C18H28N4O5S. The number of hydrogen-bond donors (Lipinski definition) is 1. The van der Waals surface area contributed by atoms with Crippen LogP contribution in [0.1, 0.15) is 19.4 Å². The number of carbonyl (C=O) groups excluding carboxylic acids is 1. The first-order valence-corrected chi connectivity index (χ1v) is 11.0. The molecule has 3 rings (SSSR count). The second kappa shape index (κ2) is 9.08. The standard InChI is InChI=1S/C18H28N4O5S/c1-3-21(4-2)28(24,25)22-9-7-20(8-10-22)13-18(23)19-12-15-5-6-16-17(11-15)27-14-26-16/h5-6,11H,3-4,7-10,12-14H2,1-2H3,(H,19,23). The summed E-state index contributed by atoms with van der Waals surface area (Å²) < 4.78 is 38.7.